The molecular weight excluding hydrogens is 311 g/mol. The highest BCUT2D eigenvalue weighted by molar-refractivity contribution is 5.96. The minimum atomic E-state index is -0.458. The van der Waals surface area contributed by atoms with Crippen LogP contribution in [0.2, 0.25) is 0 Å². The van der Waals surface area contributed by atoms with Crippen molar-refractivity contribution in [1.82, 2.24) is 10.6 Å². The molecule has 0 aromatic heterocycles. The number of phenolic OH excluding ortho intramolecular Hbond substituents is 1. The van der Waals surface area contributed by atoms with E-state index in [0.29, 0.717) is 12.0 Å². The third kappa shape index (κ3) is 4.55. The smallest absolute Gasteiger partial charge is 0.251 e. The number of hydrogen-bond donors (Lipinski definition) is 3. The maximum Gasteiger partial charge on any atom is 0.251 e. The fourth-order valence-corrected chi connectivity index (χ4v) is 2.29. The van der Waals surface area contributed by atoms with Crippen LogP contribution in [0, 0.1) is 5.82 Å². The number of hydrogen-bond acceptors (Lipinski definition) is 3. The summed E-state index contributed by atoms with van der Waals surface area (Å²) in [5.74, 6) is -1.15. The van der Waals surface area contributed by atoms with Crippen LogP contribution in [0.4, 0.5) is 4.39 Å². The maximum absolute atomic E-state index is 12.8. The van der Waals surface area contributed by atoms with E-state index in [1.807, 2.05) is 6.92 Å². The second-order valence-electron chi connectivity index (χ2n) is 5.28. The van der Waals surface area contributed by atoms with Gasteiger partial charge >= 0.3 is 0 Å². The van der Waals surface area contributed by atoms with Gasteiger partial charge in [-0.2, -0.15) is 0 Å². The summed E-state index contributed by atoms with van der Waals surface area (Å²) in [5.41, 5.74) is 0.898. The molecule has 0 saturated carbocycles. The molecule has 0 radical (unpaired) electrons. The molecule has 0 aliphatic carbocycles. The first-order valence-electron chi connectivity index (χ1n) is 7.62. The van der Waals surface area contributed by atoms with Crippen LogP contribution in [-0.2, 0) is 4.79 Å². The van der Waals surface area contributed by atoms with Crippen LogP contribution in [-0.4, -0.2) is 23.5 Å². The number of carbonyl (C=O) groups is 2. The van der Waals surface area contributed by atoms with E-state index in [4.69, 9.17) is 0 Å². The molecule has 0 aliphatic rings. The summed E-state index contributed by atoms with van der Waals surface area (Å²) in [6, 6.07) is 11.5. The number of halogens is 1. The zero-order valence-corrected chi connectivity index (χ0v) is 13.3. The predicted octanol–water partition coefficient (Wildman–Crippen LogP) is 2.53. The number of benzene rings is 2. The van der Waals surface area contributed by atoms with E-state index >= 15 is 0 Å². The summed E-state index contributed by atoms with van der Waals surface area (Å²) >= 11 is 0. The normalized spacial score (nSPS) is 11.6. The molecule has 0 unspecified atom stereocenters. The second-order valence-corrected chi connectivity index (χ2v) is 5.28. The molecule has 5 nitrogen and oxygen atoms in total. The lowest BCUT2D eigenvalue weighted by Gasteiger charge is -2.18. The highest BCUT2D eigenvalue weighted by Crippen LogP contribution is 2.25. The monoisotopic (exact) mass is 330 g/mol. The Bertz CT molecular complexity index is 716. The van der Waals surface area contributed by atoms with Crippen molar-refractivity contribution >= 4 is 11.8 Å². The van der Waals surface area contributed by atoms with Crippen LogP contribution in [0.15, 0.2) is 48.5 Å². The summed E-state index contributed by atoms with van der Waals surface area (Å²) in [6.07, 6.45) is 0.592. The zero-order chi connectivity index (χ0) is 17.5. The molecule has 0 bridgehead atoms. The Morgan fingerprint density at radius 1 is 1.12 bits per heavy atom. The van der Waals surface area contributed by atoms with E-state index in [-0.39, 0.29) is 29.8 Å². The Labute approximate surface area is 139 Å². The number of carbonyl (C=O) groups excluding carboxylic acids is 2. The molecule has 126 valence electrons. The molecule has 2 aromatic carbocycles. The van der Waals surface area contributed by atoms with Crippen LogP contribution in [0.3, 0.4) is 0 Å². The van der Waals surface area contributed by atoms with Gasteiger partial charge in [-0.3, -0.25) is 9.59 Å². The number of nitrogens with one attached hydrogen (secondary N) is 2. The molecule has 1 atom stereocenters. The molecular formula is C18H19FN2O3. The molecule has 6 heteroatoms. The predicted molar refractivity (Wildman–Crippen MR) is 88.0 cm³/mol. The van der Waals surface area contributed by atoms with Gasteiger partial charge in [-0.25, -0.2) is 4.39 Å². The summed E-state index contributed by atoms with van der Waals surface area (Å²) in [6.45, 7) is 1.68. The minimum Gasteiger partial charge on any atom is -0.508 e. The Balaban J connectivity index is 1.91. The Hall–Kier alpha value is -2.89. The van der Waals surface area contributed by atoms with E-state index in [2.05, 4.69) is 10.6 Å². The summed E-state index contributed by atoms with van der Waals surface area (Å²) in [7, 11) is 0. The average molecular weight is 330 g/mol. The highest BCUT2D eigenvalue weighted by atomic mass is 19.1. The fourth-order valence-electron chi connectivity index (χ4n) is 2.29. The van der Waals surface area contributed by atoms with Crippen molar-refractivity contribution < 1.29 is 19.1 Å². The van der Waals surface area contributed by atoms with E-state index < -0.39 is 11.7 Å². The SMILES string of the molecule is CC[C@H](NC(=O)CNC(=O)c1ccc(F)cc1)c1ccccc1O. The summed E-state index contributed by atoms with van der Waals surface area (Å²) in [4.78, 5) is 23.9. The molecule has 0 fully saturated rings. The van der Waals surface area contributed by atoms with Crippen LogP contribution in [0.5, 0.6) is 5.75 Å². The summed E-state index contributed by atoms with van der Waals surface area (Å²) < 4.78 is 12.8. The molecule has 0 spiro atoms. The number of para-hydroxylation sites is 1. The first-order valence-corrected chi connectivity index (χ1v) is 7.62. The first kappa shape index (κ1) is 17.5. The van der Waals surface area contributed by atoms with Gasteiger partial charge in [0.1, 0.15) is 11.6 Å². The van der Waals surface area contributed by atoms with Gasteiger partial charge in [0.05, 0.1) is 12.6 Å². The van der Waals surface area contributed by atoms with Crippen molar-refractivity contribution in [2.45, 2.75) is 19.4 Å². The average Bonchev–Trinajstić information content (AvgIpc) is 2.59. The Morgan fingerprint density at radius 2 is 1.79 bits per heavy atom. The molecule has 0 aliphatic heterocycles. The molecule has 2 aromatic rings. The molecule has 2 amide bonds. The van der Waals surface area contributed by atoms with Crippen molar-refractivity contribution in [1.29, 1.82) is 0 Å². The van der Waals surface area contributed by atoms with E-state index in [0.717, 1.165) is 0 Å². The van der Waals surface area contributed by atoms with Crippen LogP contribution in [0.25, 0.3) is 0 Å². The molecule has 24 heavy (non-hydrogen) atoms. The largest absolute Gasteiger partial charge is 0.508 e. The third-order valence-corrected chi connectivity index (χ3v) is 3.57. The minimum absolute atomic E-state index is 0.111. The fraction of sp³-hybridized carbons (Fsp3) is 0.222. The van der Waals surface area contributed by atoms with Crippen LogP contribution < -0.4 is 10.6 Å². The Kier molecular flexibility index (Phi) is 5.89. The van der Waals surface area contributed by atoms with Crippen LogP contribution >= 0.6 is 0 Å². The molecule has 3 N–H and O–H groups in total. The number of phenols is 1. The van der Waals surface area contributed by atoms with Gasteiger partial charge in [-0.05, 0) is 36.8 Å². The van der Waals surface area contributed by atoms with E-state index in [1.54, 1.807) is 24.3 Å². The second kappa shape index (κ2) is 8.10. The van der Waals surface area contributed by atoms with Gasteiger partial charge in [0.2, 0.25) is 5.91 Å². The molecule has 2 rings (SSSR count). The van der Waals surface area contributed by atoms with Crippen LogP contribution in [0.1, 0.15) is 35.3 Å². The summed E-state index contributed by atoms with van der Waals surface area (Å²) in [5, 5.41) is 15.1. The Morgan fingerprint density at radius 3 is 2.42 bits per heavy atom. The lowest BCUT2D eigenvalue weighted by Crippen LogP contribution is -2.38. The standard InChI is InChI=1S/C18H19FN2O3/c1-2-15(14-5-3-4-6-16(14)22)21-17(23)11-20-18(24)12-7-9-13(19)10-8-12/h3-10,15,22H,2,11H2,1H3,(H,20,24)(H,21,23)/t15-/m0/s1. The van der Waals surface area contributed by atoms with Crippen molar-refractivity contribution in [3.8, 4) is 5.75 Å². The van der Waals surface area contributed by atoms with Crippen molar-refractivity contribution in [3.63, 3.8) is 0 Å². The maximum atomic E-state index is 12.8. The van der Waals surface area contributed by atoms with E-state index in [9.17, 15) is 19.1 Å². The van der Waals surface area contributed by atoms with Gasteiger partial charge in [0, 0.05) is 11.1 Å². The number of amides is 2. The third-order valence-electron chi connectivity index (χ3n) is 3.57. The lowest BCUT2D eigenvalue weighted by molar-refractivity contribution is -0.120. The quantitative estimate of drug-likeness (QED) is 0.761. The first-order chi connectivity index (χ1) is 11.5. The van der Waals surface area contributed by atoms with Crippen molar-refractivity contribution in [2.24, 2.45) is 0 Å². The topological polar surface area (TPSA) is 78.4 Å². The zero-order valence-electron chi connectivity index (χ0n) is 13.3. The van der Waals surface area contributed by atoms with E-state index in [1.165, 1.54) is 24.3 Å². The van der Waals surface area contributed by atoms with Gasteiger partial charge in [0.25, 0.3) is 5.91 Å². The highest BCUT2D eigenvalue weighted by Gasteiger charge is 2.16. The van der Waals surface area contributed by atoms with Gasteiger partial charge in [0.15, 0.2) is 0 Å². The number of rotatable bonds is 6. The van der Waals surface area contributed by atoms with Gasteiger partial charge in [-0.15, -0.1) is 0 Å². The molecule has 0 heterocycles. The number of aromatic hydroxyl groups is 1. The van der Waals surface area contributed by atoms with Crippen molar-refractivity contribution in [2.75, 3.05) is 6.54 Å². The van der Waals surface area contributed by atoms with Gasteiger partial charge in [-0.1, -0.05) is 25.1 Å². The van der Waals surface area contributed by atoms with Gasteiger partial charge < -0.3 is 15.7 Å². The lowest BCUT2D eigenvalue weighted by atomic mass is 10.0. The molecule has 0 saturated heterocycles. The van der Waals surface area contributed by atoms with Crippen molar-refractivity contribution in [3.05, 3.63) is 65.5 Å².